The van der Waals surface area contributed by atoms with Crippen molar-refractivity contribution in [3.05, 3.63) is 0 Å². The minimum Gasteiger partial charge on any atom is -0.480 e. The number of hydrogen-bond donors (Lipinski definition) is 1. The van der Waals surface area contributed by atoms with E-state index in [1.807, 2.05) is 0 Å². The summed E-state index contributed by atoms with van der Waals surface area (Å²) in [6.45, 7) is 1.05. The van der Waals surface area contributed by atoms with Crippen LogP contribution in [-0.4, -0.2) is 42.3 Å². The number of rotatable bonds is 3. The number of carboxylic acid groups (broad SMARTS) is 1. The van der Waals surface area contributed by atoms with Crippen molar-refractivity contribution in [2.75, 3.05) is 26.3 Å². The number of carbonyl (C=O) groups is 1. The van der Waals surface area contributed by atoms with Crippen LogP contribution in [0.1, 0.15) is 6.42 Å². The van der Waals surface area contributed by atoms with Crippen molar-refractivity contribution < 1.29 is 14.3 Å². The molecule has 0 amide bonds. The Morgan fingerprint density at radius 3 is 2.91 bits per heavy atom. The van der Waals surface area contributed by atoms with Crippen LogP contribution in [0.3, 0.4) is 0 Å². The molecule has 1 unspecified atom stereocenters. The zero-order chi connectivity index (χ0) is 8.27. The summed E-state index contributed by atoms with van der Waals surface area (Å²) in [5.41, 5.74) is 0. The maximum atomic E-state index is 12.0. The number of aliphatic carboxylic acids is 1. The summed E-state index contributed by atoms with van der Waals surface area (Å²) in [5, 5.41) is 8.40. The Bertz CT molecular complexity index is 151. The first kappa shape index (κ1) is 8.46. The molecule has 1 fully saturated rings. The van der Waals surface area contributed by atoms with Crippen LogP contribution in [0.2, 0.25) is 0 Å². The van der Waals surface area contributed by atoms with E-state index in [-0.39, 0.29) is 19.1 Å². The zero-order valence-electron chi connectivity index (χ0n) is 6.29. The van der Waals surface area contributed by atoms with Gasteiger partial charge in [0.15, 0.2) is 0 Å². The van der Waals surface area contributed by atoms with Crippen molar-refractivity contribution in [2.45, 2.75) is 6.42 Å². The molecule has 3 nitrogen and oxygen atoms in total. The summed E-state index contributed by atoms with van der Waals surface area (Å²) in [4.78, 5) is 12.0. The summed E-state index contributed by atoms with van der Waals surface area (Å²) < 4.78 is 12.0. The Balaban J connectivity index is 2.24. The molecule has 0 aliphatic carbocycles. The molecule has 1 saturated heterocycles. The topological polar surface area (TPSA) is 40.5 Å². The summed E-state index contributed by atoms with van der Waals surface area (Å²) in [6.07, 6.45) is 0.795. The molecular formula is C7H12FNO2. The lowest BCUT2D eigenvalue weighted by Crippen LogP contribution is -2.27. The number of nitrogens with zero attached hydrogens (tertiary/aromatic N) is 1. The third kappa shape index (κ3) is 2.46. The van der Waals surface area contributed by atoms with Crippen LogP contribution in [0.4, 0.5) is 4.39 Å². The summed E-state index contributed by atoms with van der Waals surface area (Å²) in [7, 11) is 0. The highest BCUT2D eigenvalue weighted by molar-refractivity contribution is 5.69. The Kier molecular flexibility index (Phi) is 2.82. The van der Waals surface area contributed by atoms with E-state index in [1.54, 1.807) is 4.90 Å². The predicted molar refractivity (Wildman–Crippen MR) is 38.2 cm³/mol. The molecule has 1 aliphatic heterocycles. The molecule has 4 heteroatoms. The number of halogens is 1. The average molecular weight is 161 g/mol. The van der Waals surface area contributed by atoms with Crippen molar-refractivity contribution in [3.8, 4) is 0 Å². The largest absolute Gasteiger partial charge is 0.480 e. The van der Waals surface area contributed by atoms with Crippen molar-refractivity contribution in [2.24, 2.45) is 5.92 Å². The van der Waals surface area contributed by atoms with Crippen molar-refractivity contribution in [1.29, 1.82) is 0 Å². The average Bonchev–Trinajstić information content (AvgIpc) is 2.34. The first-order valence-electron chi connectivity index (χ1n) is 3.72. The highest BCUT2D eigenvalue weighted by Crippen LogP contribution is 2.15. The van der Waals surface area contributed by atoms with Crippen molar-refractivity contribution in [3.63, 3.8) is 0 Å². The van der Waals surface area contributed by atoms with Crippen LogP contribution in [0.5, 0.6) is 0 Å². The highest BCUT2D eigenvalue weighted by Gasteiger charge is 2.23. The van der Waals surface area contributed by atoms with Crippen molar-refractivity contribution in [1.82, 2.24) is 4.90 Å². The molecule has 1 N–H and O–H groups in total. The van der Waals surface area contributed by atoms with Crippen LogP contribution in [-0.2, 0) is 4.79 Å². The van der Waals surface area contributed by atoms with Crippen LogP contribution >= 0.6 is 0 Å². The van der Waals surface area contributed by atoms with Gasteiger partial charge in [-0.15, -0.1) is 0 Å². The zero-order valence-corrected chi connectivity index (χ0v) is 6.29. The second-order valence-electron chi connectivity index (χ2n) is 2.94. The number of alkyl halides is 1. The number of carboxylic acids is 1. The lowest BCUT2D eigenvalue weighted by atomic mass is 10.1. The van der Waals surface area contributed by atoms with Gasteiger partial charge in [0.1, 0.15) is 0 Å². The number of hydrogen-bond acceptors (Lipinski definition) is 2. The van der Waals surface area contributed by atoms with Gasteiger partial charge in [0, 0.05) is 12.5 Å². The second kappa shape index (κ2) is 3.67. The molecule has 0 spiro atoms. The number of likely N-dealkylation sites (tertiary alicyclic amines) is 1. The van der Waals surface area contributed by atoms with E-state index < -0.39 is 5.97 Å². The molecular weight excluding hydrogens is 149 g/mol. The van der Waals surface area contributed by atoms with Crippen LogP contribution in [0, 0.1) is 5.92 Å². The van der Waals surface area contributed by atoms with Gasteiger partial charge in [-0.3, -0.25) is 14.1 Å². The fourth-order valence-corrected chi connectivity index (χ4v) is 1.37. The Hall–Kier alpha value is -0.640. The molecule has 1 atom stereocenters. The Morgan fingerprint density at radius 2 is 2.45 bits per heavy atom. The predicted octanol–water partition coefficient (Wildman–Crippen LogP) is 0.362. The van der Waals surface area contributed by atoms with Gasteiger partial charge < -0.3 is 5.11 Å². The molecule has 11 heavy (non-hydrogen) atoms. The first-order valence-corrected chi connectivity index (χ1v) is 3.72. The van der Waals surface area contributed by atoms with E-state index in [4.69, 9.17) is 5.11 Å². The van der Waals surface area contributed by atoms with E-state index in [9.17, 15) is 9.18 Å². The van der Waals surface area contributed by atoms with Gasteiger partial charge >= 0.3 is 5.97 Å². The van der Waals surface area contributed by atoms with Crippen LogP contribution in [0.25, 0.3) is 0 Å². The maximum absolute atomic E-state index is 12.0. The minimum atomic E-state index is -0.829. The minimum absolute atomic E-state index is 0.0521. The molecule has 0 aromatic heterocycles. The SMILES string of the molecule is O=C(O)CN1CCC(CF)C1. The van der Waals surface area contributed by atoms with Gasteiger partial charge in [0.2, 0.25) is 0 Å². The quantitative estimate of drug-likeness (QED) is 0.649. The fourth-order valence-electron chi connectivity index (χ4n) is 1.37. The maximum Gasteiger partial charge on any atom is 0.317 e. The van der Waals surface area contributed by atoms with E-state index >= 15 is 0 Å². The normalized spacial score (nSPS) is 25.7. The smallest absolute Gasteiger partial charge is 0.317 e. The molecule has 0 radical (unpaired) electrons. The summed E-state index contributed by atoms with van der Waals surface area (Å²) in [5.74, 6) is -0.765. The lowest BCUT2D eigenvalue weighted by Gasteiger charge is -2.10. The molecule has 1 aliphatic rings. The van der Waals surface area contributed by atoms with Crippen LogP contribution < -0.4 is 0 Å². The van der Waals surface area contributed by atoms with E-state index in [2.05, 4.69) is 0 Å². The summed E-state index contributed by atoms with van der Waals surface area (Å²) >= 11 is 0. The Labute approximate surface area is 64.8 Å². The van der Waals surface area contributed by atoms with Gasteiger partial charge in [0.25, 0.3) is 0 Å². The molecule has 0 aromatic rings. The standard InChI is InChI=1S/C7H12FNO2/c8-3-6-1-2-9(4-6)5-7(10)11/h6H,1-5H2,(H,10,11). The molecule has 64 valence electrons. The third-order valence-corrected chi connectivity index (χ3v) is 1.95. The fraction of sp³-hybridized carbons (Fsp3) is 0.857. The molecule has 1 heterocycles. The first-order chi connectivity index (χ1) is 5.22. The van der Waals surface area contributed by atoms with Gasteiger partial charge in [-0.05, 0) is 13.0 Å². The van der Waals surface area contributed by atoms with Crippen molar-refractivity contribution >= 4 is 5.97 Å². The molecule has 1 rings (SSSR count). The van der Waals surface area contributed by atoms with E-state index in [1.165, 1.54) is 0 Å². The van der Waals surface area contributed by atoms with Gasteiger partial charge in [-0.1, -0.05) is 0 Å². The van der Waals surface area contributed by atoms with Crippen LogP contribution in [0.15, 0.2) is 0 Å². The van der Waals surface area contributed by atoms with Gasteiger partial charge in [-0.25, -0.2) is 0 Å². The van der Waals surface area contributed by atoms with E-state index in [0.717, 1.165) is 13.0 Å². The Morgan fingerprint density at radius 1 is 1.73 bits per heavy atom. The van der Waals surface area contributed by atoms with E-state index in [0.29, 0.717) is 6.54 Å². The molecule has 0 saturated carbocycles. The monoisotopic (exact) mass is 161 g/mol. The summed E-state index contributed by atoms with van der Waals surface area (Å²) in [6, 6.07) is 0. The van der Waals surface area contributed by atoms with Gasteiger partial charge in [0.05, 0.1) is 13.2 Å². The second-order valence-corrected chi connectivity index (χ2v) is 2.94. The lowest BCUT2D eigenvalue weighted by molar-refractivity contribution is -0.138. The highest BCUT2D eigenvalue weighted by atomic mass is 19.1. The van der Waals surface area contributed by atoms with Gasteiger partial charge in [-0.2, -0.15) is 0 Å². The molecule has 0 aromatic carbocycles. The molecule has 0 bridgehead atoms. The third-order valence-electron chi connectivity index (χ3n) is 1.95.